The van der Waals surface area contributed by atoms with Crippen LogP contribution in [0.5, 0.6) is 0 Å². The Morgan fingerprint density at radius 3 is 2.83 bits per heavy atom. The molecule has 23 heavy (non-hydrogen) atoms. The first-order valence-electron chi connectivity index (χ1n) is 9.42. The molecule has 126 valence electrons. The number of anilines is 1. The Labute approximate surface area is 140 Å². The van der Waals surface area contributed by atoms with E-state index < -0.39 is 0 Å². The highest BCUT2D eigenvalue weighted by atomic mass is 16.2. The van der Waals surface area contributed by atoms with Crippen molar-refractivity contribution in [3.63, 3.8) is 0 Å². The fraction of sp³-hybridized carbons (Fsp3) is 0.650. The summed E-state index contributed by atoms with van der Waals surface area (Å²) in [6.07, 6.45) is 9.07. The fourth-order valence-electron chi connectivity index (χ4n) is 4.68. The maximum Gasteiger partial charge on any atom is 0.279 e. The minimum atomic E-state index is 0.190. The number of piperidine rings is 1. The van der Waals surface area contributed by atoms with Gasteiger partial charge >= 0.3 is 0 Å². The number of carbonyl (C=O) groups is 1. The van der Waals surface area contributed by atoms with Gasteiger partial charge in [-0.25, -0.2) is 0 Å². The Kier molecular flexibility index (Phi) is 5.37. The second-order valence-corrected chi connectivity index (χ2v) is 7.39. The van der Waals surface area contributed by atoms with Crippen molar-refractivity contribution < 1.29 is 9.69 Å². The van der Waals surface area contributed by atoms with Crippen LogP contribution in [0, 0.1) is 12.8 Å². The molecule has 3 nitrogen and oxygen atoms in total. The van der Waals surface area contributed by atoms with Crippen molar-refractivity contribution in [1.82, 2.24) is 0 Å². The Morgan fingerprint density at radius 2 is 2.00 bits per heavy atom. The van der Waals surface area contributed by atoms with Gasteiger partial charge in [-0.3, -0.25) is 4.79 Å². The maximum absolute atomic E-state index is 12.6. The van der Waals surface area contributed by atoms with E-state index in [-0.39, 0.29) is 5.91 Å². The van der Waals surface area contributed by atoms with Crippen molar-refractivity contribution in [2.75, 3.05) is 18.4 Å². The van der Waals surface area contributed by atoms with E-state index in [1.807, 2.05) is 0 Å². The number of hydrogen-bond acceptors (Lipinski definition) is 1. The third-order valence-corrected chi connectivity index (χ3v) is 5.90. The van der Waals surface area contributed by atoms with Crippen LogP contribution in [0.2, 0.25) is 0 Å². The van der Waals surface area contributed by atoms with Crippen molar-refractivity contribution in [3.05, 3.63) is 29.3 Å². The number of amides is 1. The zero-order valence-corrected chi connectivity index (χ0v) is 14.7. The molecule has 1 aliphatic carbocycles. The van der Waals surface area contributed by atoms with Gasteiger partial charge in [0, 0.05) is 11.6 Å². The Balaban J connectivity index is 1.65. The first-order chi connectivity index (χ1) is 11.2. The van der Waals surface area contributed by atoms with E-state index in [0.717, 1.165) is 24.1 Å². The largest absolute Gasteiger partial charge is 0.324 e. The number of fused-ring (bicyclic) bond motifs is 1. The van der Waals surface area contributed by atoms with E-state index in [1.165, 1.54) is 61.1 Å². The van der Waals surface area contributed by atoms with Crippen LogP contribution in [0.25, 0.3) is 0 Å². The van der Waals surface area contributed by atoms with E-state index in [2.05, 4.69) is 37.4 Å². The van der Waals surface area contributed by atoms with Crippen LogP contribution in [0.1, 0.15) is 56.6 Å². The van der Waals surface area contributed by atoms with Crippen molar-refractivity contribution in [2.45, 2.75) is 64.8 Å². The number of rotatable bonds is 4. The van der Waals surface area contributed by atoms with Gasteiger partial charge in [-0.05, 0) is 56.6 Å². The second-order valence-electron chi connectivity index (χ2n) is 7.39. The van der Waals surface area contributed by atoms with E-state index in [0.29, 0.717) is 6.54 Å². The number of aryl methyl sites for hydroxylation is 2. The Hall–Kier alpha value is -1.35. The molecule has 1 aromatic carbocycles. The standard InChI is InChI=1S/C20H30N2O/c1-3-16-10-6-8-15(2)20(16)21-19(23)14-22-13-7-11-17-9-4-5-12-18(17)22/h6,8,10,17-18H,3-5,7,9,11-14H2,1-2H3,(H,21,23)/p+1/t17-,18-/m0/s1. The van der Waals surface area contributed by atoms with Gasteiger partial charge in [-0.2, -0.15) is 0 Å². The Morgan fingerprint density at radius 1 is 1.22 bits per heavy atom. The van der Waals surface area contributed by atoms with Crippen LogP contribution in [-0.4, -0.2) is 25.0 Å². The molecule has 1 aliphatic heterocycles. The van der Waals surface area contributed by atoms with Crippen LogP contribution in [0.15, 0.2) is 18.2 Å². The molecular weight excluding hydrogens is 284 g/mol. The molecule has 1 aromatic rings. The SMILES string of the molecule is CCc1cccc(C)c1NC(=O)C[NH+]1CCC[C@@H]2CCCC[C@@H]21. The number of nitrogens with one attached hydrogen (secondary N) is 2. The van der Waals surface area contributed by atoms with Gasteiger partial charge in [0.15, 0.2) is 6.54 Å². The molecule has 0 aromatic heterocycles. The van der Waals surface area contributed by atoms with E-state index in [4.69, 9.17) is 0 Å². The third-order valence-electron chi connectivity index (χ3n) is 5.90. The van der Waals surface area contributed by atoms with E-state index in [1.54, 1.807) is 0 Å². The van der Waals surface area contributed by atoms with E-state index >= 15 is 0 Å². The lowest BCUT2D eigenvalue weighted by Crippen LogP contribution is -3.18. The quantitative estimate of drug-likeness (QED) is 0.880. The van der Waals surface area contributed by atoms with Gasteiger partial charge in [0.1, 0.15) is 0 Å². The van der Waals surface area contributed by atoms with Crippen molar-refractivity contribution >= 4 is 11.6 Å². The number of para-hydroxylation sites is 1. The number of hydrogen-bond donors (Lipinski definition) is 2. The Bertz CT molecular complexity index is 553. The zero-order chi connectivity index (χ0) is 16.2. The van der Waals surface area contributed by atoms with Crippen molar-refractivity contribution in [3.8, 4) is 0 Å². The molecule has 3 atom stereocenters. The number of likely N-dealkylation sites (tertiary alicyclic amines) is 1. The third kappa shape index (κ3) is 3.77. The number of quaternary nitrogens is 1. The lowest BCUT2D eigenvalue weighted by Gasteiger charge is -2.40. The first-order valence-corrected chi connectivity index (χ1v) is 9.42. The molecule has 0 bridgehead atoms. The fourth-order valence-corrected chi connectivity index (χ4v) is 4.68. The smallest absolute Gasteiger partial charge is 0.279 e. The molecule has 0 spiro atoms. The average molecular weight is 315 g/mol. The monoisotopic (exact) mass is 315 g/mol. The molecular formula is C20H31N2O+. The van der Waals surface area contributed by atoms with Gasteiger partial charge in [-0.15, -0.1) is 0 Å². The molecule has 1 saturated heterocycles. The maximum atomic E-state index is 12.6. The summed E-state index contributed by atoms with van der Waals surface area (Å²) in [6, 6.07) is 7.00. The molecule has 0 radical (unpaired) electrons. The van der Waals surface area contributed by atoms with Crippen LogP contribution < -0.4 is 10.2 Å². The lowest BCUT2D eigenvalue weighted by molar-refractivity contribution is -0.928. The van der Waals surface area contributed by atoms with Crippen LogP contribution in [0.3, 0.4) is 0 Å². The highest BCUT2D eigenvalue weighted by Gasteiger charge is 2.37. The van der Waals surface area contributed by atoms with Gasteiger partial charge in [-0.1, -0.05) is 31.5 Å². The summed E-state index contributed by atoms with van der Waals surface area (Å²) in [7, 11) is 0. The average Bonchev–Trinajstić information content (AvgIpc) is 2.57. The van der Waals surface area contributed by atoms with Gasteiger partial charge in [0.2, 0.25) is 0 Å². The van der Waals surface area contributed by atoms with Crippen molar-refractivity contribution in [2.24, 2.45) is 5.92 Å². The normalized spacial score (nSPS) is 27.3. The summed E-state index contributed by atoms with van der Waals surface area (Å²) in [6.45, 7) is 6.04. The number of benzene rings is 1. The summed E-state index contributed by atoms with van der Waals surface area (Å²) < 4.78 is 0. The topological polar surface area (TPSA) is 33.5 Å². The molecule has 1 unspecified atom stereocenters. The molecule has 2 N–H and O–H groups in total. The van der Waals surface area contributed by atoms with Crippen LogP contribution in [0.4, 0.5) is 5.69 Å². The summed E-state index contributed by atoms with van der Waals surface area (Å²) in [5, 5.41) is 3.21. The van der Waals surface area contributed by atoms with Gasteiger partial charge in [0.25, 0.3) is 5.91 Å². The summed E-state index contributed by atoms with van der Waals surface area (Å²) in [4.78, 5) is 14.2. The molecule has 1 saturated carbocycles. The van der Waals surface area contributed by atoms with E-state index in [9.17, 15) is 4.79 Å². The van der Waals surface area contributed by atoms with Gasteiger partial charge in [0.05, 0.1) is 12.6 Å². The minimum absolute atomic E-state index is 0.190. The van der Waals surface area contributed by atoms with Gasteiger partial charge < -0.3 is 10.2 Å². The highest BCUT2D eigenvalue weighted by Crippen LogP contribution is 2.28. The first kappa shape index (κ1) is 16.5. The second kappa shape index (κ2) is 7.48. The predicted molar refractivity (Wildman–Crippen MR) is 94.9 cm³/mol. The minimum Gasteiger partial charge on any atom is -0.324 e. The van der Waals surface area contributed by atoms with Crippen LogP contribution in [-0.2, 0) is 11.2 Å². The highest BCUT2D eigenvalue weighted by molar-refractivity contribution is 5.93. The summed E-state index contributed by atoms with van der Waals surface area (Å²) >= 11 is 0. The lowest BCUT2D eigenvalue weighted by atomic mass is 9.78. The zero-order valence-electron chi connectivity index (χ0n) is 14.7. The number of carbonyl (C=O) groups excluding carboxylic acids is 1. The molecule has 1 heterocycles. The van der Waals surface area contributed by atoms with Crippen LogP contribution >= 0.6 is 0 Å². The molecule has 2 fully saturated rings. The van der Waals surface area contributed by atoms with Crippen molar-refractivity contribution in [1.29, 1.82) is 0 Å². The summed E-state index contributed by atoms with van der Waals surface area (Å²) in [5.41, 5.74) is 3.45. The molecule has 1 amide bonds. The molecule has 2 aliphatic rings. The summed E-state index contributed by atoms with van der Waals surface area (Å²) in [5.74, 6) is 1.06. The molecule has 3 heteroatoms. The molecule has 3 rings (SSSR count). The predicted octanol–water partition coefficient (Wildman–Crippen LogP) is 2.73.